The van der Waals surface area contributed by atoms with Crippen LogP contribution >= 0.6 is 0 Å². The Morgan fingerprint density at radius 1 is 0.389 bits per heavy atom. The van der Waals surface area contributed by atoms with Crippen molar-refractivity contribution in [1.82, 2.24) is 0 Å². The zero-order valence-corrected chi connectivity index (χ0v) is 35.5. The largest absolute Gasteiger partial charge is 0.462 e. The standard InChI is InChI=1S/C48H84O6/c1-4-7-10-13-16-18-20-22-23-24-25-26-28-29-32-35-38-41-47(50)53-44-45(43-52-46(49)40-37-34-31-15-12-9-6-3)54-48(51)42-39-36-33-30-27-21-19-17-14-11-8-5-2/h7,10,16,18,22-23,25-26,45H,4-6,8-9,11-15,17,19-21,24,27-44H2,1-3H3/b10-7-,18-16-,23-22-,26-25-. The van der Waals surface area contributed by atoms with Gasteiger partial charge in [0.25, 0.3) is 0 Å². The molecule has 0 aliphatic heterocycles. The number of hydrogen-bond acceptors (Lipinski definition) is 6. The van der Waals surface area contributed by atoms with Crippen molar-refractivity contribution in [3.05, 3.63) is 48.6 Å². The van der Waals surface area contributed by atoms with E-state index in [4.69, 9.17) is 14.2 Å². The molecule has 1 unspecified atom stereocenters. The van der Waals surface area contributed by atoms with E-state index in [1.807, 2.05) is 0 Å². The second kappa shape index (κ2) is 43.1. The van der Waals surface area contributed by atoms with E-state index in [9.17, 15) is 14.4 Å². The predicted molar refractivity (Wildman–Crippen MR) is 229 cm³/mol. The minimum Gasteiger partial charge on any atom is -0.462 e. The summed E-state index contributed by atoms with van der Waals surface area (Å²) in [6.07, 6.45) is 49.6. The van der Waals surface area contributed by atoms with E-state index in [1.165, 1.54) is 83.5 Å². The minimum absolute atomic E-state index is 0.0793. The Hall–Kier alpha value is -2.63. The van der Waals surface area contributed by atoms with Crippen molar-refractivity contribution in [2.45, 2.75) is 226 Å². The third kappa shape index (κ3) is 40.6. The Labute approximate surface area is 333 Å². The molecule has 0 rings (SSSR count). The molecule has 6 nitrogen and oxygen atoms in total. The number of esters is 3. The molecule has 312 valence electrons. The molecule has 0 heterocycles. The summed E-state index contributed by atoms with van der Waals surface area (Å²) < 4.78 is 16.6. The highest BCUT2D eigenvalue weighted by molar-refractivity contribution is 5.71. The van der Waals surface area contributed by atoms with Crippen LogP contribution in [0.3, 0.4) is 0 Å². The number of rotatable bonds is 40. The molecule has 54 heavy (non-hydrogen) atoms. The van der Waals surface area contributed by atoms with E-state index in [0.717, 1.165) is 96.3 Å². The maximum Gasteiger partial charge on any atom is 0.306 e. The smallest absolute Gasteiger partial charge is 0.306 e. The molecule has 0 bridgehead atoms. The van der Waals surface area contributed by atoms with Gasteiger partial charge in [0.2, 0.25) is 0 Å². The van der Waals surface area contributed by atoms with Gasteiger partial charge in [-0.1, -0.05) is 191 Å². The van der Waals surface area contributed by atoms with Crippen LogP contribution in [-0.2, 0) is 28.6 Å². The van der Waals surface area contributed by atoms with Crippen molar-refractivity contribution in [2.75, 3.05) is 13.2 Å². The Kier molecular flexibility index (Phi) is 41.0. The fraction of sp³-hybridized carbons (Fsp3) is 0.771. The molecular formula is C48H84O6. The van der Waals surface area contributed by atoms with Gasteiger partial charge in [0, 0.05) is 19.3 Å². The number of ether oxygens (including phenoxy) is 3. The van der Waals surface area contributed by atoms with E-state index >= 15 is 0 Å². The van der Waals surface area contributed by atoms with Gasteiger partial charge in [-0.05, 0) is 57.8 Å². The highest BCUT2D eigenvalue weighted by Gasteiger charge is 2.19. The van der Waals surface area contributed by atoms with Gasteiger partial charge in [0.15, 0.2) is 6.10 Å². The van der Waals surface area contributed by atoms with E-state index in [-0.39, 0.29) is 31.1 Å². The van der Waals surface area contributed by atoms with Gasteiger partial charge in [-0.25, -0.2) is 0 Å². The number of unbranched alkanes of at least 4 members (excludes halogenated alkanes) is 21. The molecule has 0 aromatic heterocycles. The lowest BCUT2D eigenvalue weighted by molar-refractivity contribution is -0.167. The van der Waals surface area contributed by atoms with Gasteiger partial charge < -0.3 is 14.2 Å². The van der Waals surface area contributed by atoms with Crippen molar-refractivity contribution in [3.8, 4) is 0 Å². The SMILES string of the molecule is CC/C=C\C/C=C\C/C=C\C/C=C\CCCCCCC(=O)OCC(COC(=O)CCCCCCCCC)OC(=O)CCCCCCCCCCCCCC. The van der Waals surface area contributed by atoms with Crippen molar-refractivity contribution >= 4 is 17.9 Å². The third-order valence-corrected chi connectivity index (χ3v) is 9.60. The molecule has 0 aromatic carbocycles. The predicted octanol–water partition coefficient (Wildman–Crippen LogP) is 14.4. The summed E-state index contributed by atoms with van der Waals surface area (Å²) in [6.45, 7) is 6.45. The van der Waals surface area contributed by atoms with Crippen LogP contribution in [0.2, 0.25) is 0 Å². The van der Waals surface area contributed by atoms with Crippen LogP contribution in [0.1, 0.15) is 220 Å². The second-order valence-electron chi connectivity index (χ2n) is 14.9. The first-order valence-corrected chi connectivity index (χ1v) is 22.6. The molecule has 0 aromatic rings. The van der Waals surface area contributed by atoms with Gasteiger partial charge >= 0.3 is 17.9 Å². The molecule has 0 aliphatic rings. The summed E-state index contributed by atoms with van der Waals surface area (Å²) in [6, 6.07) is 0. The number of carbonyl (C=O) groups excluding carboxylic acids is 3. The first-order chi connectivity index (χ1) is 26.5. The van der Waals surface area contributed by atoms with Crippen molar-refractivity contribution < 1.29 is 28.6 Å². The molecule has 0 saturated carbocycles. The Bertz CT molecular complexity index is 964. The van der Waals surface area contributed by atoms with Crippen LogP contribution in [0.5, 0.6) is 0 Å². The lowest BCUT2D eigenvalue weighted by atomic mass is 10.0. The van der Waals surface area contributed by atoms with Crippen molar-refractivity contribution in [1.29, 1.82) is 0 Å². The van der Waals surface area contributed by atoms with Crippen LogP contribution in [0, 0.1) is 0 Å². The summed E-state index contributed by atoms with van der Waals surface area (Å²) in [5.74, 6) is -0.910. The minimum atomic E-state index is -0.775. The highest BCUT2D eigenvalue weighted by atomic mass is 16.6. The van der Waals surface area contributed by atoms with Gasteiger partial charge in [0.1, 0.15) is 13.2 Å². The summed E-state index contributed by atoms with van der Waals surface area (Å²) in [5, 5.41) is 0. The molecule has 1 atom stereocenters. The highest BCUT2D eigenvalue weighted by Crippen LogP contribution is 2.14. The Morgan fingerprint density at radius 3 is 1.13 bits per heavy atom. The third-order valence-electron chi connectivity index (χ3n) is 9.60. The lowest BCUT2D eigenvalue weighted by Crippen LogP contribution is -2.30. The van der Waals surface area contributed by atoms with Crippen LogP contribution in [-0.4, -0.2) is 37.2 Å². The van der Waals surface area contributed by atoms with Gasteiger partial charge in [-0.2, -0.15) is 0 Å². The topological polar surface area (TPSA) is 78.9 Å². The zero-order chi connectivity index (χ0) is 39.4. The molecule has 0 N–H and O–H groups in total. The molecule has 0 spiro atoms. The van der Waals surface area contributed by atoms with Crippen LogP contribution in [0.15, 0.2) is 48.6 Å². The van der Waals surface area contributed by atoms with E-state index in [2.05, 4.69) is 69.4 Å². The van der Waals surface area contributed by atoms with E-state index in [1.54, 1.807) is 0 Å². The van der Waals surface area contributed by atoms with Crippen LogP contribution < -0.4 is 0 Å². The normalized spacial score (nSPS) is 12.4. The summed E-state index contributed by atoms with van der Waals surface area (Å²) >= 11 is 0. The quantitative estimate of drug-likeness (QED) is 0.0268. The zero-order valence-electron chi connectivity index (χ0n) is 35.5. The number of hydrogen-bond donors (Lipinski definition) is 0. The lowest BCUT2D eigenvalue weighted by Gasteiger charge is -2.18. The van der Waals surface area contributed by atoms with E-state index in [0.29, 0.717) is 19.3 Å². The molecule has 0 aliphatic carbocycles. The van der Waals surface area contributed by atoms with E-state index < -0.39 is 6.10 Å². The maximum absolute atomic E-state index is 12.7. The number of allylic oxidation sites excluding steroid dienone is 8. The molecule has 0 amide bonds. The molecule has 0 radical (unpaired) electrons. The Balaban J connectivity index is 4.33. The van der Waals surface area contributed by atoms with Gasteiger partial charge in [0.05, 0.1) is 0 Å². The van der Waals surface area contributed by atoms with Crippen LogP contribution in [0.4, 0.5) is 0 Å². The summed E-state index contributed by atoms with van der Waals surface area (Å²) in [5.41, 5.74) is 0. The fourth-order valence-corrected chi connectivity index (χ4v) is 6.20. The van der Waals surface area contributed by atoms with Gasteiger partial charge in [-0.3, -0.25) is 14.4 Å². The second-order valence-corrected chi connectivity index (χ2v) is 14.9. The van der Waals surface area contributed by atoms with Crippen molar-refractivity contribution in [3.63, 3.8) is 0 Å². The van der Waals surface area contributed by atoms with Crippen molar-refractivity contribution in [2.24, 2.45) is 0 Å². The van der Waals surface area contributed by atoms with Crippen LogP contribution in [0.25, 0.3) is 0 Å². The Morgan fingerprint density at radius 2 is 0.722 bits per heavy atom. The maximum atomic E-state index is 12.7. The average molecular weight is 757 g/mol. The summed E-state index contributed by atoms with van der Waals surface area (Å²) in [4.78, 5) is 37.6. The molecule has 0 saturated heterocycles. The first-order valence-electron chi connectivity index (χ1n) is 22.6. The average Bonchev–Trinajstić information content (AvgIpc) is 3.17. The molecular weight excluding hydrogens is 673 g/mol. The van der Waals surface area contributed by atoms with Gasteiger partial charge in [-0.15, -0.1) is 0 Å². The monoisotopic (exact) mass is 757 g/mol. The molecule has 6 heteroatoms. The number of carbonyl (C=O) groups is 3. The molecule has 0 fully saturated rings. The summed E-state index contributed by atoms with van der Waals surface area (Å²) in [7, 11) is 0. The first kappa shape index (κ1) is 51.4. The fourth-order valence-electron chi connectivity index (χ4n) is 6.20.